The monoisotopic (exact) mass is 330 g/mol. The van der Waals surface area contributed by atoms with Crippen LogP contribution in [0.15, 0.2) is 6.33 Å². The molecule has 0 amide bonds. The van der Waals surface area contributed by atoms with Crippen molar-refractivity contribution in [1.82, 2.24) is 24.5 Å². The molecule has 1 N–H and O–H groups in total. The van der Waals surface area contributed by atoms with Crippen LogP contribution < -0.4 is 5.32 Å². The molecule has 0 bridgehead atoms. The second-order valence-electron chi connectivity index (χ2n) is 6.57. The molecule has 0 aliphatic heterocycles. The van der Waals surface area contributed by atoms with Gasteiger partial charge in [-0.15, -0.1) is 11.3 Å². The maximum absolute atomic E-state index is 4.86. The number of anilines is 1. The molecular weight excluding hydrogens is 308 g/mol. The molecule has 3 heterocycles. The van der Waals surface area contributed by atoms with Gasteiger partial charge in [0.05, 0.1) is 5.39 Å². The number of rotatable bonds is 4. The van der Waals surface area contributed by atoms with Crippen LogP contribution in [0.5, 0.6) is 0 Å². The van der Waals surface area contributed by atoms with E-state index in [-0.39, 0.29) is 0 Å². The first-order valence-corrected chi connectivity index (χ1v) is 9.00. The molecule has 0 saturated carbocycles. The fourth-order valence-corrected chi connectivity index (χ4v) is 4.74. The highest BCUT2D eigenvalue weighted by molar-refractivity contribution is 7.19. The summed E-state index contributed by atoms with van der Waals surface area (Å²) < 4.78 is 1.85. The quantitative estimate of drug-likeness (QED) is 0.797. The summed E-state index contributed by atoms with van der Waals surface area (Å²) in [5, 5.41) is 9.01. The van der Waals surface area contributed by atoms with Gasteiger partial charge in [0.1, 0.15) is 11.2 Å². The molecular formula is C16H22N6S. The molecule has 0 saturated heterocycles. The van der Waals surface area contributed by atoms with E-state index in [1.807, 2.05) is 15.9 Å². The number of aromatic nitrogens is 4. The zero-order chi connectivity index (χ0) is 16.0. The van der Waals surface area contributed by atoms with Crippen molar-refractivity contribution in [1.29, 1.82) is 0 Å². The molecule has 1 aliphatic rings. The third-order valence-corrected chi connectivity index (χ3v) is 5.72. The number of hydrogen-bond acceptors (Lipinski definition) is 6. The van der Waals surface area contributed by atoms with Crippen molar-refractivity contribution in [2.45, 2.75) is 32.1 Å². The zero-order valence-corrected chi connectivity index (χ0v) is 14.7. The van der Waals surface area contributed by atoms with Gasteiger partial charge in [-0.2, -0.15) is 9.61 Å². The lowest BCUT2D eigenvalue weighted by Crippen LogP contribution is -2.22. The molecule has 3 aromatic heterocycles. The van der Waals surface area contributed by atoms with Crippen LogP contribution in [-0.4, -0.2) is 51.7 Å². The number of fused-ring (bicyclic) bond motifs is 5. The molecule has 0 spiro atoms. The van der Waals surface area contributed by atoms with Gasteiger partial charge in [0.25, 0.3) is 0 Å². The normalized spacial score (nSPS) is 18.0. The van der Waals surface area contributed by atoms with E-state index in [9.17, 15) is 0 Å². The molecule has 0 radical (unpaired) electrons. The predicted octanol–water partition coefficient (Wildman–Crippen LogP) is 2.75. The van der Waals surface area contributed by atoms with Crippen LogP contribution in [0.3, 0.4) is 0 Å². The lowest BCUT2D eigenvalue weighted by atomic mass is 9.87. The second kappa shape index (κ2) is 5.72. The van der Waals surface area contributed by atoms with Crippen molar-refractivity contribution in [2.75, 3.05) is 32.5 Å². The Morgan fingerprint density at radius 3 is 3.13 bits per heavy atom. The summed E-state index contributed by atoms with van der Waals surface area (Å²) in [6, 6.07) is 0. The maximum atomic E-state index is 4.86. The van der Waals surface area contributed by atoms with E-state index in [1.54, 1.807) is 6.33 Å². The lowest BCUT2D eigenvalue weighted by molar-refractivity contribution is 0.424. The number of nitrogens with one attached hydrogen (secondary N) is 1. The van der Waals surface area contributed by atoms with Gasteiger partial charge in [0.2, 0.25) is 5.95 Å². The Morgan fingerprint density at radius 2 is 2.30 bits per heavy atom. The number of thiophene rings is 1. The first kappa shape index (κ1) is 14.8. The van der Waals surface area contributed by atoms with E-state index in [1.165, 1.54) is 35.1 Å². The standard InChI is InChI=1S/C16H22N6S/c1-10-5-4-6-11-12(10)13-14-18-9-19-22(14)16(20-15(13)23-11)17-7-8-21(2)3/h9-10H,4-8H2,1-3H3,(H,17,20). The minimum absolute atomic E-state index is 0.586. The molecule has 23 heavy (non-hydrogen) atoms. The average Bonchev–Trinajstić information content (AvgIpc) is 3.10. The van der Waals surface area contributed by atoms with Gasteiger partial charge in [-0.1, -0.05) is 6.92 Å². The first-order valence-electron chi connectivity index (χ1n) is 8.18. The van der Waals surface area contributed by atoms with E-state index in [0.717, 1.165) is 29.5 Å². The van der Waals surface area contributed by atoms with Crippen molar-refractivity contribution >= 4 is 33.1 Å². The highest BCUT2D eigenvalue weighted by atomic mass is 32.1. The van der Waals surface area contributed by atoms with Gasteiger partial charge in [0.15, 0.2) is 5.65 Å². The smallest absolute Gasteiger partial charge is 0.227 e. The Labute approximate surface area is 139 Å². The Morgan fingerprint density at radius 1 is 1.43 bits per heavy atom. The predicted molar refractivity (Wildman–Crippen MR) is 94.6 cm³/mol. The minimum Gasteiger partial charge on any atom is -0.353 e. The van der Waals surface area contributed by atoms with Crippen molar-refractivity contribution in [3.05, 3.63) is 16.8 Å². The van der Waals surface area contributed by atoms with Crippen molar-refractivity contribution < 1.29 is 0 Å². The fraction of sp³-hybridized carbons (Fsp3) is 0.562. The molecule has 4 rings (SSSR count). The molecule has 122 valence electrons. The summed E-state index contributed by atoms with van der Waals surface area (Å²) in [6.07, 6.45) is 5.33. The van der Waals surface area contributed by atoms with Crippen LogP contribution in [0.1, 0.15) is 36.1 Å². The zero-order valence-electron chi connectivity index (χ0n) is 13.8. The van der Waals surface area contributed by atoms with Crippen LogP contribution >= 0.6 is 11.3 Å². The molecule has 0 fully saturated rings. The summed E-state index contributed by atoms with van der Waals surface area (Å²) >= 11 is 1.83. The van der Waals surface area contributed by atoms with E-state index in [0.29, 0.717) is 5.92 Å². The molecule has 6 nitrogen and oxygen atoms in total. The van der Waals surface area contributed by atoms with Crippen LogP contribution in [0, 0.1) is 0 Å². The number of hydrogen-bond donors (Lipinski definition) is 1. The topological polar surface area (TPSA) is 58.4 Å². The number of nitrogens with zero attached hydrogens (tertiary/aromatic N) is 5. The van der Waals surface area contributed by atoms with Gasteiger partial charge in [0, 0.05) is 18.0 Å². The third kappa shape index (κ3) is 2.48. The van der Waals surface area contributed by atoms with Gasteiger partial charge in [-0.3, -0.25) is 0 Å². The SMILES string of the molecule is CC1CCCc2sc3nc(NCCN(C)C)n4ncnc4c3c21. The highest BCUT2D eigenvalue weighted by Gasteiger charge is 2.25. The Bertz CT molecular complexity index is 849. The van der Waals surface area contributed by atoms with Crippen LogP contribution in [0.4, 0.5) is 5.95 Å². The molecule has 1 aliphatic carbocycles. The first-order chi connectivity index (χ1) is 11.1. The lowest BCUT2D eigenvalue weighted by Gasteiger charge is -2.18. The number of aryl methyl sites for hydroxylation is 1. The Kier molecular flexibility index (Phi) is 3.69. The summed E-state index contributed by atoms with van der Waals surface area (Å²) in [6.45, 7) is 4.11. The van der Waals surface area contributed by atoms with Gasteiger partial charge >= 0.3 is 0 Å². The second-order valence-corrected chi connectivity index (χ2v) is 7.66. The summed E-state index contributed by atoms with van der Waals surface area (Å²) in [4.78, 5) is 14.1. The van der Waals surface area contributed by atoms with E-state index in [2.05, 4.69) is 41.3 Å². The molecule has 1 atom stereocenters. The molecule has 7 heteroatoms. The van der Waals surface area contributed by atoms with E-state index in [4.69, 9.17) is 4.98 Å². The average molecular weight is 330 g/mol. The van der Waals surface area contributed by atoms with Gasteiger partial charge in [-0.25, -0.2) is 9.97 Å². The minimum atomic E-state index is 0.586. The summed E-state index contributed by atoms with van der Waals surface area (Å²) in [5.74, 6) is 1.38. The third-order valence-electron chi connectivity index (χ3n) is 4.56. The molecule has 3 aromatic rings. The Balaban J connectivity index is 1.84. The van der Waals surface area contributed by atoms with Crippen molar-refractivity contribution in [3.8, 4) is 0 Å². The molecule has 0 aromatic carbocycles. The van der Waals surface area contributed by atoms with Crippen molar-refractivity contribution in [2.24, 2.45) is 0 Å². The van der Waals surface area contributed by atoms with Crippen LogP contribution in [0.25, 0.3) is 15.9 Å². The van der Waals surface area contributed by atoms with E-state index >= 15 is 0 Å². The Hall–Kier alpha value is -1.73. The van der Waals surface area contributed by atoms with Crippen LogP contribution in [0.2, 0.25) is 0 Å². The highest BCUT2D eigenvalue weighted by Crippen LogP contribution is 2.43. The van der Waals surface area contributed by atoms with E-state index < -0.39 is 0 Å². The van der Waals surface area contributed by atoms with Gasteiger partial charge < -0.3 is 10.2 Å². The molecule has 1 unspecified atom stereocenters. The number of likely N-dealkylation sites (N-methyl/N-ethyl adjacent to an activating group) is 1. The maximum Gasteiger partial charge on any atom is 0.227 e. The largest absolute Gasteiger partial charge is 0.353 e. The summed E-state index contributed by atoms with van der Waals surface area (Å²) in [5.41, 5.74) is 2.40. The van der Waals surface area contributed by atoms with Gasteiger partial charge in [-0.05, 0) is 44.8 Å². The van der Waals surface area contributed by atoms with Crippen LogP contribution in [-0.2, 0) is 6.42 Å². The fourth-order valence-electron chi connectivity index (χ4n) is 3.41. The summed E-state index contributed by atoms with van der Waals surface area (Å²) in [7, 11) is 4.14. The van der Waals surface area contributed by atoms with Crippen molar-refractivity contribution in [3.63, 3.8) is 0 Å².